The molecule has 1 aromatic heterocycles. The van der Waals surface area contributed by atoms with Crippen LogP contribution in [-0.4, -0.2) is 10.1 Å². The molecule has 0 unspecified atom stereocenters. The van der Waals surface area contributed by atoms with Crippen molar-refractivity contribution in [3.05, 3.63) is 42.6 Å². The summed E-state index contributed by atoms with van der Waals surface area (Å²) >= 11 is 0. The van der Waals surface area contributed by atoms with E-state index in [-0.39, 0.29) is 5.82 Å². The van der Waals surface area contributed by atoms with Gasteiger partial charge in [0.15, 0.2) is 0 Å². The second-order valence-corrected chi connectivity index (χ2v) is 3.12. The summed E-state index contributed by atoms with van der Waals surface area (Å²) in [4.78, 5) is 3.26. The van der Waals surface area contributed by atoms with Crippen LogP contribution in [0.4, 0.5) is 13.2 Å². The van der Waals surface area contributed by atoms with Gasteiger partial charge >= 0.3 is 12.1 Å². The maximum absolute atomic E-state index is 12.2. The van der Waals surface area contributed by atoms with Crippen molar-refractivity contribution < 1.29 is 17.7 Å². The van der Waals surface area contributed by atoms with Gasteiger partial charge in [0.25, 0.3) is 0 Å². The van der Waals surface area contributed by atoms with E-state index >= 15 is 0 Å². The van der Waals surface area contributed by atoms with Gasteiger partial charge in [0.05, 0.1) is 0 Å². The van der Waals surface area contributed by atoms with Crippen molar-refractivity contribution in [2.24, 2.45) is 0 Å². The minimum absolute atomic E-state index is 0.0904. The lowest BCUT2D eigenvalue weighted by atomic mass is 10.1. The standard InChI is InChI=1S/C10H6F3N2O/c1-6-2-4-7(5-3-6)8-14-9(16-15-8)10(11,12)13/h2-5H,1H2. The molecule has 2 aromatic rings. The Bertz CT molecular complexity index is 488. The Morgan fingerprint density at radius 2 is 1.75 bits per heavy atom. The summed E-state index contributed by atoms with van der Waals surface area (Å²) in [7, 11) is 0. The van der Waals surface area contributed by atoms with E-state index in [0.29, 0.717) is 5.56 Å². The van der Waals surface area contributed by atoms with Gasteiger partial charge < -0.3 is 4.52 Å². The van der Waals surface area contributed by atoms with E-state index < -0.39 is 12.1 Å². The number of nitrogens with zero attached hydrogens (tertiary/aromatic N) is 2. The van der Waals surface area contributed by atoms with Crippen LogP contribution < -0.4 is 0 Å². The number of hydrogen-bond donors (Lipinski definition) is 0. The monoisotopic (exact) mass is 227 g/mol. The summed E-state index contributed by atoms with van der Waals surface area (Å²) < 4.78 is 40.6. The van der Waals surface area contributed by atoms with E-state index in [0.717, 1.165) is 5.56 Å². The lowest BCUT2D eigenvalue weighted by molar-refractivity contribution is -0.159. The Balaban J connectivity index is 2.35. The van der Waals surface area contributed by atoms with E-state index in [1.165, 1.54) is 0 Å². The highest BCUT2D eigenvalue weighted by atomic mass is 19.4. The Labute approximate surface area is 88.9 Å². The molecule has 1 radical (unpaired) electrons. The summed E-state index contributed by atoms with van der Waals surface area (Å²) in [6.45, 7) is 3.66. The quantitative estimate of drug-likeness (QED) is 0.751. The summed E-state index contributed by atoms with van der Waals surface area (Å²) in [6, 6.07) is 6.46. The van der Waals surface area contributed by atoms with Gasteiger partial charge in [-0.3, -0.25) is 0 Å². The van der Waals surface area contributed by atoms with Crippen LogP contribution in [0.25, 0.3) is 11.4 Å². The Kier molecular flexibility index (Phi) is 2.41. The van der Waals surface area contributed by atoms with Crippen LogP contribution in [0, 0.1) is 6.92 Å². The molecule has 0 aliphatic rings. The fourth-order valence-electron chi connectivity index (χ4n) is 1.11. The highest BCUT2D eigenvalue weighted by molar-refractivity contribution is 5.54. The lowest BCUT2D eigenvalue weighted by Gasteiger charge is -1.96. The first kappa shape index (κ1) is 10.7. The topological polar surface area (TPSA) is 38.9 Å². The van der Waals surface area contributed by atoms with Crippen LogP contribution in [0.1, 0.15) is 11.5 Å². The second kappa shape index (κ2) is 3.62. The predicted molar refractivity (Wildman–Crippen MR) is 49.2 cm³/mol. The van der Waals surface area contributed by atoms with E-state index in [4.69, 9.17) is 0 Å². The lowest BCUT2D eigenvalue weighted by Crippen LogP contribution is -2.04. The molecule has 0 bridgehead atoms. The van der Waals surface area contributed by atoms with E-state index in [1.54, 1.807) is 24.3 Å². The Morgan fingerprint density at radius 3 is 2.25 bits per heavy atom. The van der Waals surface area contributed by atoms with Crippen molar-refractivity contribution in [2.45, 2.75) is 6.18 Å². The molecule has 0 saturated carbocycles. The van der Waals surface area contributed by atoms with Crippen LogP contribution in [-0.2, 0) is 6.18 Å². The van der Waals surface area contributed by atoms with Crippen LogP contribution in [0.5, 0.6) is 0 Å². The van der Waals surface area contributed by atoms with Gasteiger partial charge in [-0.25, -0.2) is 0 Å². The SMILES string of the molecule is [CH2]c1ccc(-c2noc(C(F)(F)F)n2)cc1. The molecule has 0 aliphatic heterocycles. The third kappa shape index (κ3) is 2.05. The molecule has 0 aliphatic carbocycles. The van der Waals surface area contributed by atoms with Gasteiger partial charge in [0, 0.05) is 5.56 Å². The van der Waals surface area contributed by atoms with Crippen LogP contribution in [0.2, 0.25) is 0 Å². The van der Waals surface area contributed by atoms with Crippen molar-refractivity contribution in [2.75, 3.05) is 0 Å². The Hall–Kier alpha value is -1.85. The number of alkyl halides is 3. The molecule has 0 amide bonds. The zero-order chi connectivity index (χ0) is 11.8. The summed E-state index contributed by atoms with van der Waals surface area (Å²) in [5, 5.41) is 3.26. The average molecular weight is 227 g/mol. The summed E-state index contributed by atoms with van der Waals surface area (Å²) in [6.07, 6.45) is -4.61. The minimum Gasteiger partial charge on any atom is -0.329 e. The number of hydrogen-bond acceptors (Lipinski definition) is 3. The van der Waals surface area contributed by atoms with Gasteiger partial charge in [-0.15, -0.1) is 0 Å². The molecule has 0 saturated heterocycles. The molecular formula is C10H6F3N2O. The van der Waals surface area contributed by atoms with Crippen molar-refractivity contribution >= 4 is 0 Å². The average Bonchev–Trinajstić information content (AvgIpc) is 2.67. The largest absolute Gasteiger partial charge is 0.471 e. The molecule has 16 heavy (non-hydrogen) atoms. The predicted octanol–water partition coefficient (Wildman–Crippen LogP) is 2.94. The molecule has 1 heterocycles. The van der Waals surface area contributed by atoms with Gasteiger partial charge in [-0.2, -0.15) is 18.2 Å². The molecular weight excluding hydrogens is 221 g/mol. The highest BCUT2D eigenvalue weighted by Gasteiger charge is 2.38. The highest BCUT2D eigenvalue weighted by Crippen LogP contribution is 2.29. The fourth-order valence-corrected chi connectivity index (χ4v) is 1.11. The van der Waals surface area contributed by atoms with Crippen LogP contribution >= 0.6 is 0 Å². The van der Waals surface area contributed by atoms with Crippen molar-refractivity contribution in [1.82, 2.24) is 10.1 Å². The zero-order valence-corrected chi connectivity index (χ0v) is 7.95. The number of aromatic nitrogens is 2. The number of benzene rings is 1. The molecule has 0 spiro atoms. The molecule has 2 rings (SSSR count). The number of halogens is 3. The van der Waals surface area contributed by atoms with E-state index in [1.807, 2.05) is 0 Å². The van der Waals surface area contributed by atoms with Crippen molar-refractivity contribution in [1.29, 1.82) is 0 Å². The van der Waals surface area contributed by atoms with Gasteiger partial charge in [-0.05, 0) is 12.5 Å². The fraction of sp³-hybridized carbons (Fsp3) is 0.100. The smallest absolute Gasteiger partial charge is 0.329 e. The maximum atomic E-state index is 12.2. The third-order valence-corrected chi connectivity index (χ3v) is 1.88. The van der Waals surface area contributed by atoms with Gasteiger partial charge in [0.1, 0.15) is 0 Å². The van der Waals surface area contributed by atoms with Crippen LogP contribution in [0.3, 0.4) is 0 Å². The maximum Gasteiger partial charge on any atom is 0.471 e. The van der Waals surface area contributed by atoms with Gasteiger partial charge in [0.2, 0.25) is 5.82 Å². The molecule has 3 nitrogen and oxygen atoms in total. The summed E-state index contributed by atoms with van der Waals surface area (Å²) in [5.41, 5.74) is 1.20. The summed E-state index contributed by atoms with van der Waals surface area (Å²) in [5.74, 6) is -1.44. The first-order chi connectivity index (χ1) is 7.47. The molecule has 1 aromatic carbocycles. The van der Waals surface area contributed by atoms with Gasteiger partial charge in [-0.1, -0.05) is 29.4 Å². The minimum atomic E-state index is -4.61. The second-order valence-electron chi connectivity index (χ2n) is 3.12. The van der Waals surface area contributed by atoms with Crippen molar-refractivity contribution in [3.63, 3.8) is 0 Å². The first-order valence-corrected chi connectivity index (χ1v) is 4.30. The third-order valence-electron chi connectivity index (χ3n) is 1.88. The van der Waals surface area contributed by atoms with Crippen LogP contribution in [0.15, 0.2) is 28.8 Å². The molecule has 0 N–H and O–H groups in total. The van der Waals surface area contributed by atoms with Crippen molar-refractivity contribution in [3.8, 4) is 11.4 Å². The molecule has 83 valence electrons. The number of rotatable bonds is 1. The van der Waals surface area contributed by atoms with E-state index in [9.17, 15) is 13.2 Å². The normalized spacial score (nSPS) is 11.8. The molecule has 0 fully saturated rings. The molecule has 6 heteroatoms. The Morgan fingerprint density at radius 1 is 1.12 bits per heavy atom. The van der Waals surface area contributed by atoms with E-state index in [2.05, 4.69) is 21.6 Å². The zero-order valence-electron chi connectivity index (χ0n) is 7.95. The molecule has 0 atom stereocenters. The first-order valence-electron chi connectivity index (χ1n) is 4.30.